The molecule has 0 aliphatic heterocycles. The largest absolute Gasteiger partial charge is 0.507 e. The van der Waals surface area contributed by atoms with Crippen molar-refractivity contribution in [3.63, 3.8) is 0 Å². The van der Waals surface area contributed by atoms with Crippen LogP contribution in [-0.4, -0.2) is 15.9 Å². The lowest BCUT2D eigenvalue weighted by Crippen LogP contribution is -1.93. The van der Waals surface area contributed by atoms with E-state index in [1.165, 1.54) is 6.92 Å². The van der Waals surface area contributed by atoms with E-state index < -0.39 is 0 Å². The Hall–Kier alpha value is -1.90. The van der Waals surface area contributed by atoms with Crippen LogP contribution in [-0.2, 0) is 0 Å². The Morgan fingerprint density at radius 3 is 2.93 bits per heavy atom. The lowest BCUT2D eigenvalue weighted by molar-refractivity contribution is 0.101. The van der Waals surface area contributed by atoms with E-state index in [1.54, 1.807) is 24.4 Å². The number of aromatic hydroxyl groups is 1. The normalized spacial score (nSPS) is 10.4. The van der Waals surface area contributed by atoms with Crippen molar-refractivity contribution in [2.24, 2.45) is 0 Å². The van der Waals surface area contributed by atoms with Gasteiger partial charge < -0.3 is 5.11 Å². The Balaban J connectivity index is 2.77. The summed E-state index contributed by atoms with van der Waals surface area (Å²) in [4.78, 5) is 15.2. The number of carbonyl (C=O) groups excluding carboxylic acids is 1. The van der Waals surface area contributed by atoms with Gasteiger partial charge >= 0.3 is 0 Å². The molecule has 0 spiro atoms. The number of phenols is 1. The number of rotatable bonds is 1. The van der Waals surface area contributed by atoms with Crippen molar-refractivity contribution in [3.8, 4) is 5.75 Å². The van der Waals surface area contributed by atoms with Gasteiger partial charge in [-0.15, -0.1) is 0 Å². The molecule has 70 valence electrons. The molecule has 1 N–H and O–H groups in total. The number of benzene rings is 1. The van der Waals surface area contributed by atoms with Crippen LogP contribution in [0.4, 0.5) is 0 Å². The van der Waals surface area contributed by atoms with Crippen LogP contribution in [0.5, 0.6) is 5.75 Å². The third-order valence-electron chi connectivity index (χ3n) is 2.10. The number of carbonyl (C=O) groups is 1. The van der Waals surface area contributed by atoms with Gasteiger partial charge in [-0.05, 0) is 25.1 Å². The van der Waals surface area contributed by atoms with Gasteiger partial charge in [0.15, 0.2) is 5.78 Å². The molecule has 1 heterocycles. The Bertz CT molecular complexity index is 506. The number of hydrogen-bond donors (Lipinski definition) is 1. The van der Waals surface area contributed by atoms with Crippen LogP contribution in [0.1, 0.15) is 17.3 Å². The minimum atomic E-state index is -0.157. The molecule has 0 atom stereocenters. The van der Waals surface area contributed by atoms with Gasteiger partial charge in [-0.3, -0.25) is 9.78 Å². The van der Waals surface area contributed by atoms with E-state index in [4.69, 9.17) is 0 Å². The summed E-state index contributed by atoms with van der Waals surface area (Å²) in [7, 11) is 0. The summed E-state index contributed by atoms with van der Waals surface area (Å²) in [6, 6.07) is 6.78. The van der Waals surface area contributed by atoms with Gasteiger partial charge in [0, 0.05) is 11.6 Å². The first-order chi connectivity index (χ1) is 6.68. The monoisotopic (exact) mass is 187 g/mol. The zero-order valence-electron chi connectivity index (χ0n) is 7.69. The fourth-order valence-electron chi connectivity index (χ4n) is 1.39. The number of Topliss-reactive ketones (excluding diaryl/α,β-unsaturated/α-hetero) is 1. The van der Waals surface area contributed by atoms with Crippen LogP contribution in [0.25, 0.3) is 10.9 Å². The molecule has 3 nitrogen and oxygen atoms in total. The Morgan fingerprint density at radius 1 is 1.43 bits per heavy atom. The quantitative estimate of drug-likeness (QED) is 0.696. The number of hydrogen-bond acceptors (Lipinski definition) is 3. The van der Waals surface area contributed by atoms with E-state index >= 15 is 0 Å². The molecule has 0 unspecified atom stereocenters. The maximum absolute atomic E-state index is 11.1. The molecule has 0 aliphatic rings. The number of pyridine rings is 1. The maximum atomic E-state index is 11.1. The van der Waals surface area contributed by atoms with Crippen molar-refractivity contribution >= 4 is 16.7 Å². The van der Waals surface area contributed by atoms with Crippen molar-refractivity contribution in [1.82, 2.24) is 4.98 Å². The molecular formula is C11H9NO2. The average Bonchev–Trinajstić information content (AvgIpc) is 2.16. The molecule has 0 saturated carbocycles. The summed E-state index contributed by atoms with van der Waals surface area (Å²) in [5.41, 5.74) is 1.03. The number of ketones is 1. The van der Waals surface area contributed by atoms with Crippen molar-refractivity contribution in [3.05, 3.63) is 36.0 Å². The number of fused-ring (bicyclic) bond motifs is 1. The smallest absolute Gasteiger partial charge is 0.163 e. The van der Waals surface area contributed by atoms with Crippen molar-refractivity contribution in [1.29, 1.82) is 0 Å². The van der Waals surface area contributed by atoms with Gasteiger partial charge in [0.25, 0.3) is 0 Å². The SMILES string of the molecule is CC(=O)c1cc2ncccc2cc1O. The molecular weight excluding hydrogens is 178 g/mol. The second-order valence-corrected chi connectivity index (χ2v) is 3.12. The van der Waals surface area contributed by atoms with Gasteiger partial charge in [0.05, 0.1) is 11.1 Å². The number of aromatic nitrogens is 1. The second kappa shape index (κ2) is 3.10. The molecule has 14 heavy (non-hydrogen) atoms. The molecule has 0 bridgehead atoms. The highest BCUT2D eigenvalue weighted by Gasteiger charge is 2.07. The molecule has 2 rings (SSSR count). The molecule has 0 fully saturated rings. The van der Waals surface area contributed by atoms with E-state index in [2.05, 4.69) is 4.98 Å². The Morgan fingerprint density at radius 2 is 2.21 bits per heavy atom. The third-order valence-corrected chi connectivity index (χ3v) is 2.10. The average molecular weight is 187 g/mol. The summed E-state index contributed by atoms with van der Waals surface area (Å²) in [6.07, 6.45) is 1.66. The topological polar surface area (TPSA) is 50.2 Å². The standard InChI is InChI=1S/C11H9NO2/c1-7(13)9-6-10-8(5-11(9)14)3-2-4-12-10/h2-6,14H,1H3. The summed E-state index contributed by atoms with van der Waals surface area (Å²) < 4.78 is 0. The van der Waals surface area contributed by atoms with Crippen LogP contribution < -0.4 is 0 Å². The summed E-state index contributed by atoms with van der Waals surface area (Å²) >= 11 is 0. The van der Waals surface area contributed by atoms with E-state index in [0.29, 0.717) is 5.56 Å². The first-order valence-electron chi connectivity index (χ1n) is 4.27. The maximum Gasteiger partial charge on any atom is 0.163 e. The van der Waals surface area contributed by atoms with Crippen LogP contribution in [0.2, 0.25) is 0 Å². The highest BCUT2D eigenvalue weighted by Crippen LogP contribution is 2.23. The van der Waals surface area contributed by atoms with Crippen LogP contribution >= 0.6 is 0 Å². The summed E-state index contributed by atoms with van der Waals surface area (Å²) in [5.74, 6) is -0.145. The van der Waals surface area contributed by atoms with Gasteiger partial charge in [-0.25, -0.2) is 0 Å². The minimum absolute atomic E-state index is 0.0120. The summed E-state index contributed by atoms with van der Waals surface area (Å²) in [6.45, 7) is 1.42. The van der Waals surface area contributed by atoms with Gasteiger partial charge in [-0.2, -0.15) is 0 Å². The molecule has 0 radical (unpaired) electrons. The van der Waals surface area contributed by atoms with E-state index in [0.717, 1.165) is 10.9 Å². The third kappa shape index (κ3) is 1.33. The van der Waals surface area contributed by atoms with Gasteiger partial charge in [0.1, 0.15) is 5.75 Å². The fraction of sp³-hybridized carbons (Fsp3) is 0.0909. The fourth-order valence-corrected chi connectivity index (χ4v) is 1.39. The molecule has 1 aromatic heterocycles. The zero-order valence-corrected chi connectivity index (χ0v) is 7.69. The first kappa shape index (κ1) is 8.69. The minimum Gasteiger partial charge on any atom is -0.507 e. The molecule has 3 heteroatoms. The predicted molar refractivity (Wildman–Crippen MR) is 53.4 cm³/mol. The van der Waals surface area contributed by atoms with Crippen molar-refractivity contribution < 1.29 is 9.90 Å². The lowest BCUT2D eigenvalue weighted by Gasteiger charge is -2.02. The van der Waals surface area contributed by atoms with Crippen molar-refractivity contribution in [2.45, 2.75) is 6.92 Å². The van der Waals surface area contributed by atoms with Crippen LogP contribution in [0, 0.1) is 0 Å². The molecule has 0 aliphatic carbocycles. The highest BCUT2D eigenvalue weighted by atomic mass is 16.3. The van der Waals surface area contributed by atoms with E-state index in [1.807, 2.05) is 6.07 Å². The molecule has 1 aromatic carbocycles. The summed E-state index contributed by atoms with van der Waals surface area (Å²) in [5, 5.41) is 10.4. The van der Waals surface area contributed by atoms with Gasteiger partial charge in [-0.1, -0.05) is 6.07 Å². The Kier molecular flexibility index (Phi) is 1.93. The molecule has 2 aromatic rings. The Labute approximate surface area is 81.0 Å². The van der Waals surface area contributed by atoms with Crippen molar-refractivity contribution in [2.75, 3.05) is 0 Å². The highest BCUT2D eigenvalue weighted by molar-refractivity contribution is 6.00. The number of nitrogens with zero attached hydrogens (tertiary/aromatic N) is 1. The van der Waals surface area contributed by atoms with Crippen LogP contribution in [0.15, 0.2) is 30.5 Å². The van der Waals surface area contributed by atoms with Gasteiger partial charge in [0.2, 0.25) is 0 Å². The molecule has 0 saturated heterocycles. The zero-order chi connectivity index (χ0) is 10.1. The van der Waals surface area contributed by atoms with E-state index in [-0.39, 0.29) is 11.5 Å². The predicted octanol–water partition coefficient (Wildman–Crippen LogP) is 2.14. The molecule has 0 amide bonds. The van der Waals surface area contributed by atoms with E-state index in [9.17, 15) is 9.90 Å². The van der Waals surface area contributed by atoms with Crippen LogP contribution in [0.3, 0.4) is 0 Å². The lowest BCUT2D eigenvalue weighted by atomic mass is 10.1. The first-order valence-corrected chi connectivity index (χ1v) is 4.27. The second-order valence-electron chi connectivity index (χ2n) is 3.12. The number of phenolic OH excluding ortho intramolecular Hbond substituents is 1.